The number of H-pyrrole nitrogens is 1. The van der Waals surface area contributed by atoms with Gasteiger partial charge in [-0.25, -0.2) is 0 Å². The van der Waals surface area contributed by atoms with Gasteiger partial charge in [-0.05, 0) is 23.3 Å². The Morgan fingerprint density at radius 1 is 0.737 bits per heavy atom. The van der Waals surface area contributed by atoms with Crippen molar-refractivity contribution < 1.29 is 6.85 Å². The fraction of sp³-hybridized carbons (Fsp3) is 0. The van der Waals surface area contributed by atoms with Gasteiger partial charge in [0.1, 0.15) is 0 Å². The molecule has 0 spiro atoms. The molecule has 0 aliphatic rings. The molecule has 0 amide bonds. The number of benzene rings is 3. The molecule has 0 aliphatic carbocycles. The Morgan fingerprint density at radius 2 is 1.53 bits per heavy atom. The summed E-state index contributed by atoms with van der Waals surface area (Å²) < 4.78 is 39.6. The molecule has 0 atom stereocenters. The molecule has 90 valence electrons. The summed E-state index contributed by atoms with van der Waals surface area (Å²) in [7, 11) is 0. The Kier molecular flexibility index (Phi) is 1.38. The van der Waals surface area contributed by atoms with Crippen molar-refractivity contribution in [3.63, 3.8) is 0 Å². The van der Waals surface area contributed by atoms with Crippen LogP contribution >= 0.6 is 0 Å². The van der Waals surface area contributed by atoms with Crippen LogP contribution in [0.1, 0.15) is 6.85 Å². The lowest BCUT2D eigenvalue weighted by molar-refractivity contribution is 1.54. The first kappa shape index (κ1) is 6.58. The molecule has 1 heterocycles. The van der Waals surface area contributed by atoms with E-state index in [1.165, 1.54) is 0 Å². The fourth-order valence-corrected chi connectivity index (χ4v) is 2.40. The molecule has 0 bridgehead atoms. The third kappa shape index (κ3) is 1.63. The van der Waals surface area contributed by atoms with Crippen molar-refractivity contribution >= 4 is 21.8 Å². The smallest absolute Gasteiger partial charge is 0.0629 e. The van der Waals surface area contributed by atoms with E-state index in [-0.39, 0.29) is 35.8 Å². The highest BCUT2D eigenvalue weighted by Crippen LogP contribution is 2.29. The predicted molar refractivity (Wildman–Crippen MR) is 81.2 cm³/mol. The van der Waals surface area contributed by atoms with Gasteiger partial charge in [0.05, 0.1) is 6.85 Å². The molecular weight excluding hydrogens is 230 g/mol. The van der Waals surface area contributed by atoms with Gasteiger partial charge in [-0.3, -0.25) is 0 Å². The zero-order valence-electron chi connectivity index (χ0n) is 15.0. The molecule has 0 unspecified atom stereocenters. The molecule has 0 aliphatic heterocycles. The van der Waals surface area contributed by atoms with Crippen molar-refractivity contribution in [3.05, 3.63) is 72.7 Å². The van der Waals surface area contributed by atoms with Crippen LogP contribution in [-0.2, 0) is 0 Å². The third-order valence-corrected chi connectivity index (χ3v) is 3.29. The molecule has 1 aromatic heterocycles. The predicted octanol–water partition coefficient (Wildman–Crippen LogP) is 4.99. The molecule has 0 fully saturated rings. The molecule has 4 rings (SSSR count). The topological polar surface area (TPSA) is 15.8 Å². The first-order valence-corrected chi connectivity index (χ1v) is 6.07. The maximum absolute atomic E-state index is 8.11. The van der Waals surface area contributed by atoms with E-state index in [1.54, 1.807) is 6.07 Å². The van der Waals surface area contributed by atoms with E-state index < -0.39 is 0 Å². The second-order valence-electron chi connectivity index (χ2n) is 4.43. The molecule has 0 saturated heterocycles. The molecule has 19 heavy (non-hydrogen) atoms. The zero-order valence-corrected chi connectivity index (χ0v) is 10.0. The first-order valence-electron chi connectivity index (χ1n) is 8.57. The van der Waals surface area contributed by atoms with Crippen molar-refractivity contribution in [2.24, 2.45) is 0 Å². The van der Waals surface area contributed by atoms with Crippen molar-refractivity contribution in [2.45, 2.75) is 0 Å². The number of hydrogen-bond acceptors (Lipinski definition) is 0. The Morgan fingerprint density at radius 3 is 2.42 bits per heavy atom. The van der Waals surface area contributed by atoms with Gasteiger partial charge in [0, 0.05) is 21.8 Å². The van der Waals surface area contributed by atoms with E-state index in [0.717, 1.165) is 21.8 Å². The lowest BCUT2D eigenvalue weighted by atomic mass is 10.0. The summed E-state index contributed by atoms with van der Waals surface area (Å²) >= 11 is 0. The van der Waals surface area contributed by atoms with Crippen LogP contribution in [0.25, 0.3) is 32.9 Å². The van der Waals surface area contributed by atoms with E-state index in [1.807, 2.05) is 36.4 Å². The summed E-state index contributed by atoms with van der Waals surface area (Å²) in [5, 5.41) is 2.14. The second kappa shape index (κ2) is 3.99. The van der Waals surface area contributed by atoms with Gasteiger partial charge in [-0.2, -0.15) is 0 Å². The number of para-hydroxylation sites is 1. The lowest BCUT2D eigenvalue weighted by Gasteiger charge is -2.01. The van der Waals surface area contributed by atoms with Gasteiger partial charge >= 0.3 is 0 Å². The van der Waals surface area contributed by atoms with Crippen LogP contribution in [-0.4, -0.2) is 4.98 Å². The van der Waals surface area contributed by atoms with Crippen LogP contribution in [0.4, 0.5) is 0 Å². The number of aromatic nitrogens is 1. The van der Waals surface area contributed by atoms with E-state index in [2.05, 4.69) is 4.98 Å². The summed E-state index contributed by atoms with van der Waals surface area (Å²) in [5.74, 6) is 0. The molecule has 1 nitrogen and oxygen atoms in total. The molecule has 4 aromatic rings. The minimum absolute atomic E-state index is 0.184. The highest BCUT2D eigenvalue weighted by Gasteiger charge is 2.04. The Balaban J connectivity index is 2.03. The van der Waals surface area contributed by atoms with Crippen LogP contribution in [0.15, 0.2) is 72.7 Å². The number of fused-ring (bicyclic) bond motifs is 3. The van der Waals surface area contributed by atoms with Gasteiger partial charge in [0.2, 0.25) is 0 Å². The third-order valence-electron chi connectivity index (χ3n) is 3.29. The van der Waals surface area contributed by atoms with Gasteiger partial charge < -0.3 is 4.98 Å². The first-order chi connectivity index (χ1) is 11.5. The Bertz CT molecular complexity index is 1080. The highest BCUT2D eigenvalue weighted by atomic mass is 14.7. The fourth-order valence-electron chi connectivity index (χ4n) is 2.40. The van der Waals surface area contributed by atoms with Gasteiger partial charge in [-0.15, -0.1) is 0 Å². The van der Waals surface area contributed by atoms with E-state index >= 15 is 0 Å². The monoisotopic (exact) mass is 248 g/mol. The largest absolute Gasteiger partial charge is 0.354 e. The molecule has 0 radical (unpaired) electrons. The summed E-state index contributed by atoms with van der Waals surface area (Å²) in [5.41, 5.74) is 2.71. The van der Waals surface area contributed by atoms with Gasteiger partial charge in [0.25, 0.3) is 0 Å². The molecule has 1 heteroatoms. The van der Waals surface area contributed by atoms with Crippen LogP contribution in [0.3, 0.4) is 0 Å². The van der Waals surface area contributed by atoms with E-state index in [0.29, 0.717) is 5.56 Å². The Labute approximate surface area is 118 Å². The maximum Gasteiger partial charge on any atom is 0.0629 e. The number of rotatable bonds is 1. The van der Waals surface area contributed by atoms with Crippen molar-refractivity contribution in [1.82, 2.24) is 4.98 Å². The SMILES string of the molecule is [2H]c1c([2H])c([2H])c(-c2ccc3c(c2)[nH]c2ccccc23)c([2H])c1[2H]. The summed E-state index contributed by atoms with van der Waals surface area (Å²) in [6.45, 7) is 0. The maximum atomic E-state index is 8.11. The van der Waals surface area contributed by atoms with Gasteiger partial charge in [-0.1, -0.05) is 60.5 Å². The molecular formula is C18H13N. The van der Waals surface area contributed by atoms with Crippen LogP contribution in [0.5, 0.6) is 0 Å². The van der Waals surface area contributed by atoms with Gasteiger partial charge in [0.15, 0.2) is 0 Å². The summed E-state index contributed by atoms with van der Waals surface area (Å²) in [6.07, 6.45) is 0. The summed E-state index contributed by atoms with van der Waals surface area (Å²) in [6, 6.07) is 12.1. The van der Waals surface area contributed by atoms with Crippen molar-refractivity contribution in [3.8, 4) is 11.1 Å². The summed E-state index contributed by atoms with van der Waals surface area (Å²) in [4.78, 5) is 3.31. The second-order valence-corrected chi connectivity index (χ2v) is 4.43. The molecule has 3 aromatic carbocycles. The minimum Gasteiger partial charge on any atom is -0.354 e. The molecule has 0 saturated carbocycles. The van der Waals surface area contributed by atoms with Crippen LogP contribution < -0.4 is 0 Å². The van der Waals surface area contributed by atoms with Crippen molar-refractivity contribution in [2.75, 3.05) is 0 Å². The number of nitrogens with one attached hydrogen (secondary N) is 1. The quantitative estimate of drug-likeness (QED) is 0.488. The lowest BCUT2D eigenvalue weighted by Crippen LogP contribution is -1.76. The number of aromatic amines is 1. The number of hydrogen-bond donors (Lipinski definition) is 1. The molecule has 1 N–H and O–H groups in total. The highest BCUT2D eigenvalue weighted by molar-refractivity contribution is 6.08. The van der Waals surface area contributed by atoms with Crippen LogP contribution in [0, 0.1) is 0 Å². The van der Waals surface area contributed by atoms with E-state index in [4.69, 9.17) is 6.85 Å². The average molecular weight is 248 g/mol. The average Bonchev–Trinajstić information content (AvgIpc) is 2.96. The van der Waals surface area contributed by atoms with Crippen LogP contribution in [0.2, 0.25) is 0 Å². The minimum atomic E-state index is -0.375. The normalized spacial score (nSPS) is 14.8. The Hall–Kier alpha value is -2.54. The standard InChI is InChI=1S/C18H13N/c1-2-6-13(7-3-1)14-10-11-16-15-8-4-5-9-17(15)19-18(16)12-14/h1-12,19H/i1D,2D,3D,6D,7D. The zero-order chi connectivity index (χ0) is 17.0. The van der Waals surface area contributed by atoms with E-state index in [9.17, 15) is 0 Å². The van der Waals surface area contributed by atoms with Crippen molar-refractivity contribution in [1.29, 1.82) is 0 Å².